The van der Waals surface area contributed by atoms with Crippen molar-refractivity contribution in [2.45, 2.75) is 44.7 Å². The predicted octanol–water partition coefficient (Wildman–Crippen LogP) is 4.27. The molecule has 9 heteroatoms. The molecule has 0 aliphatic rings. The third-order valence-electron chi connectivity index (χ3n) is 7.46. The summed E-state index contributed by atoms with van der Waals surface area (Å²) in [6.07, 6.45) is 0.576. The second-order valence-electron chi connectivity index (χ2n) is 11.1. The highest BCUT2D eigenvalue weighted by atomic mass is 16.5. The molecule has 4 aromatic carbocycles. The van der Waals surface area contributed by atoms with Gasteiger partial charge in [0.1, 0.15) is 17.8 Å². The van der Waals surface area contributed by atoms with Crippen LogP contribution in [0.25, 0.3) is 11.1 Å². The number of rotatable bonds is 14. The number of amides is 2. The predicted molar refractivity (Wildman–Crippen MR) is 175 cm³/mol. The first-order valence-corrected chi connectivity index (χ1v) is 14.8. The minimum Gasteiger partial charge on any atom is -0.497 e. The van der Waals surface area contributed by atoms with Gasteiger partial charge in [-0.05, 0) is 58.9 Å². The van der Waals surface area contributed by atoms with Crippen molar-refractivity contribution in [2.24, 2.45) is 5.92 Å². The van der Waals surface area contributed by atoms with Gasteiger partial charge in [-0.2, -0.15) is 0 Å². The van der Waals surface area contributed by atoms with Crippen molar-refractivity contribution in [1.29, 1.82) is 0 Å². The fourth-order valence-electron chi connectivity index (χ4n) is 4.99. The molecular weight excluding hydrogens is 553 g/mol. The number of methoxy groups -OCH3 is 1. The van der Waals surface area contributed by atoms with Gasteiger partial charge in [0, 0.05) is 12.1 Å². The van der Waals surface area contributed by atoms with Gasteiger partial charge in [-0.25, -0.2) is 0 Å². The molecule has 5 N–H and O–H groups in total. The van der Waals surface area contributed by atoms with Crippen molar-refractivity contribution in [3.63, 3.8) is 0 Å². The number of nitrogens with one attached hydrogen (secondary N) is 3. The lowest BCUT2D eigenvalue weighted by molar-refractivity contribution is -0.130. The summed E-state index contributed by atoms with van der Waals surface area (Å²) in [5, 5.41) is 29.1. The van der Waals surface area contributed by atoms with Gasteiger partial charge in [0.25, 0.3) is 0 Å². The second kappa shape index (κ2) is 15.8. The number of anilines is 1. The summed E-state index contributed by atoms with van der Waals surface area (Å²) in [6, 6.07) is 33.0. The Balaban J connectivity index is 1.54. The van der Waals surface area contributed by atoms with E-state index in [1.807, 2.05) is 123 Å². The van der Waals surface area contributed by atoms with Gasteiger partial charge in [-0.15, -0.1) is 0 Å². The smallest absolute Gasteiger partial charge is 0.475 e. The van der Waals surface area contributed by atoms with Crippen LogP contribution < -0.4 is 20.7 Å². The van der Waals surface area contributed by atoms with Gasteiger partial charge in [0.2, 0.25) is 11.8 Å². The van der Waals surface area contributed by atoms with Gasteiger partial charge in [-0.3, -0.25) is 9.59 Å². The molecule has 0 aliphatic heterocycles. The first-order chi connectivity index (χ1) is 21.2. The summed E-state index contributed by atoms with van der Waals surface area (Å²) in [5.74, 6) is -1.35. The van der Waals surface area contributed by atoms with Crippen molar-refractivity contribution in [3.05, 3.63) is 120 Å². The molecule has 4 rings (SSSR count). The highest BCUT2D eigenvalue weighted by Gasteiger charge is 2.32. The normalized spacial score (nSPS) is 13.0. The van der Waals surface area contributed by atoms with E-state index in [2.05, 4.69) is 16.0 Å². The van der Waals surface area contributed by atoms with E-state index in [1.54, 1.807) is 7.11 Å². The molecule has 44 heavy (non-hydrogen) atoms. The van der Waals surface area contributed by atoms with E-state index in [0.717, 1.165) is 27.9 Å². The standard InChI is InChI=1S/C35H40BN3O5/c1-24(2)33(35(41)38-32(36(42)43)22-25-11-6-4-7-12-25)39-34(40)31(21-26-17-19-30(44-3)20-18-26)37-29-16-10-15-28(23-29)27-13-8-5-9-14-27/h4-20,23-24,31-33,37,42-43H,21-22H2,1-3H3,(H,38,41)(H,39,40)/t31-,32+,33-/m0/s1. The molecule has 8 nitrogen and oxygen atoms in total. The van der Waals surface area contributed by atoms with E-state index >= 15 is 0 Å². The molecule has 0 saturated heterocycles. The zero-order valence-electron chi connectivity index (χ0n) is 25.3. The van der Waals surface area contributed by atoms with E-state index in [0.29, 0.717) is 12.2 Å². The first kappa shape index (κ1) is 32.3. The number of benzene rings is 4. The minimum absolute atomic E-state index is 0.225. The summed E-state index contributed by atoms with van der Waals surface area (Å²) in [6.45, 7) is 3.67. The van der Waals surface area contributed by atoms with Crippen LogP contribution in [-0.4, -0.2) is 54.1 Å². The fraction of sp³-hybridized carbons (Fsp3) is 0.257. The molecule has 228 valence electrons. The Labute approximate surface area is 259 Å². The Bertz CT molecular complexity index is 1480. The van der Waals surface area contributed by atoms with E-state index in [4.69, 9.17) is 4.74 Å². The Morgan fingerprint density at radius 3 is 1.95 bits per heavy atom. The average molecular weight is 594 g/mol. The summed E-state index contributed by atoms with van der Waals surface area (Å²) in [4.78, 5) is 27.3. The molecule has 2 amide bonds. The molecule has 0 heterocycles. The third-order valence-corrected chi connectivity index (χ3v) is 7.46. The summed E-state index contributed by atoms with van der Waals surface area (Å²) >= 11 is 0. The molecule has 0 spiro atoms. The maximum atomic E-state index is 13.9. The summed E-state index contributed by atoms with van der Waals surface area (Å²) < 4.78 is 5.29. The number of hydrogen-bond acceptors (Lipinski definition) is 6. The molecule has 0 aliphatic carbocycles. The molecule has 0 aromatic heterocycles. The highest BCUT2D eigenvalue weighted by molar-refractivity contribution is 6.43. The van der Waals surface area contributed by atoms with Crippen LogP contribution in [0.3, 0.4) is 0 Å². The molecular formula is C35H40BN3O5. The Kier molecular flexibility index (Phi) is 11.6. The van der Waals surface area contributed by atoms with Crippen LogP contribution in [0.4, 0.5) is 5.69 Å². The van der Waals surface area contributed by atoms with Crippen molar-refractivity contribution in [3.8, 4) is 16.9 Å². The molecule has 0 bridgehead atoms. The van der Waals surface area contributed by atoms with Crippen molar-refractivity contribution in [1.82, 2.24) is 10.6 Å². The van der Waals surface area contributed by atoms with Gasteiger partial charge in [0.15, 0.2) is 0 Å². The molecule has 3 atom stereocenters. The minimum atomic E-state index is -1.77. The zero-order valence-corrected chi connectivity index (χ0v) is 25.3. The van der Waals surface area contributed by atoms with E-state index in [9.17, 15) is 19.6 Å². The van der Waals surface area contributed by atoms with E-state index in [-0.39, 0.29) is 18.2 Å². The van der Waals surface area contributed by atoms with Crippen molar-refractivity contribution in [2.75, 3.05) is 12.4 Å². The average Bonchev–Trinajstić information content (AvgIpc) is 3.04. The second-order valence-corrected chi connectivity index (χ2v) is 11.1. The zero-order chi connectivity index (χ0) is 31.5. The van der Waals surface area contributed by atoms with Gasteiger partial charge >= 0.3 is 7.12 Å². The van der Waals surface area contributed by atoms with Crippen molar-refractivity contribution < 1.29 is 24.4 Å². The lowest BCUT2D eigenvalue weighted by Gasteiger charge is -2.28. The number of carbonyl (C=O) groups is 2. The molecule has 0 radical (unpaired) electrons. The van der Waals surface area contributed by atoms with Crippen LogP contribution >= 0.6 is 0 Å². The van der Waals surface area contributed by atoms with Crippen LogP contribution in [0.15, 0.2) is 109 Å². The molecule has 0 unspecified atom stereocenters. The number of carbonyl (C=O) groups excluding carboxylic acids is 2. The van der Waals surface area contributed by atoms with E-state index < -0.39 is 31.1 Å². The summed E-state index contributed by atoms with van der Waals surface area (Å²) in [5.41, 5.74) is 4.58. The fourth-order valence-corrected chi connectivity index (χ4v) is 4.99. The maximum Gasteiger partial charge on any atom is 0.475 e. The molecule has 4 aromatic rings. The van der Waals surface area contributed by atoms with Crippen LogP contribution in [0.1, 0.15) is 25.0 Å². The van der Waals surface area contributed by atoms with Gasteiger partial charge in [0.05, 0.1) is 13.1 Å². The van der Waals surface area contributed by atoms with Crippen molar-refractivity contribution >= 4 is 24.6 Å². The van der Waals surface area contributed by atoms with Crippen LogP contribution in [0.2, 0.25) is 0 Å². The van der Waals surface area contributed by atoms with Crippen LogP contribution in [0, 0.1) is 5.92 Å². The summed E-state index contributed by atoms with van der Waals surface area (Å²) in [7, 11) is -0.173. The van der Waals surface area contributed by atoms with Gasteiger partial charge < -0.3 is 30.7 Å². The number of ether oxygens (including phenoxy) is 1. The quantitative estimate of drug-likeness (QED) is 0.139. The van der Waals surface area contributed by atoms with E-state index in [1.165, 1.54) is 0 Å². The van der Waals surface area contributed by atoms with Crippen LogP contribution in [-0.2, 0) is 22.4 Å². The maximum absolute atomic E-state index is 13.9. The SMILES string of the molecule is COc1ccc(C[C@H](Nc2cccc(-c3ccccc3)c2)C(=O)N[C@H](C(=O)N[C@H](Cc2ccccc2)B(O)O)C(C)C)cc1. The first-order valence-electron chi connectivity index (χ1n) is 14.8. The number of hydrogen-bond donors (Lipinski definition) is 5. The van der Waals surface area contributed by atoms with Gasteiger partial charge in [-0.1, -0.05) is 98.8 Å². The monoisotopic (exact) mass is 593 g/mol. The Morgan fingerprint density at radius 2 is 1.34 bits per heavy atom. The lowest BCUT2D eigenvalue weighted by atomic mass is 9.75. The molecule has 0 fully saturated rings. The Hall–Kier alpha value is -4.60. The third kappa shape index (κ3) is 9.20. The lowest BCUT2D eigenvalue weighted by Crippen LogP contribution is -2.58. The molecule has 0 saturated carbocycles. The van der Waals surface area contributed by atoms with Crippen LogP contribution in [0.5, 0.6) is 5.75 Å². The Morgan fingerprint density at radius 1 is 0.727 bits per heavy atom. The topological polar surface area (TPSA) is 120 Å². The highest BCUT2D eigenvalue weighted by Crippen LogP contribution is 2.24. The largest absolute Gasteiger partial charge is 0.497 e.